The van der Waals surface area contributed by atoms with Gasteiger partial charge in [0, 0.05) is 28.2 Å². The number of ether oxygens (including phenoxy) is 1. The van der Waals surface area contributed by atoms with Crippen LogP contribution in [0.1, 0.15) is 41.4 Å². The van der Waals surface area contributed by atoms with E-state index < -0.39 is 22.2 Å². The van der Waals surface area contributed by atoms with E-state index in [0.29, 0.717) is 22.6 Å². The fourth-order valence-corrected chi connectivity index (χ4v) is 5.16. The third-order valence-electron chi connectivity index (χ3n) is 7.66. The molecule has 2 aliphatic heterocycles. The summed E-state index contributed by atoms with van der Waals surface area (Å²) in [6.45, 7) is 0. The Morgan fingerprint density at radius 1 is 0.419 bits per heavy atom. The lowest BCUT2D eigenvalue weighted by Gasteiger charge is -2.07. The molecule has 43 heavy (non-hydrogen) atoms. The van der Waals surface area contributed by atoms with Gasteiger partial charge in [0.25, 0.3) is 45.9 Å². The highest BCUT2D eigenvalue weighted by Gasteiger charge is 2.34. The second-order valence-corrected chi connectivity index (χ2v) is 10.1. The Morgan fingerprint density at radius 2 is 0.721 bits per heavy atom. The van der Waals surface area contributed by atoms with Gasteiger partial charge in [0.05, 0.1) is 43.8 Å². The van der Waals surface area contributed by atoms with Gasteiger partial charge in [-0.15, -0.1) is 0 Å². The summed E-state index contributed by atoms with van der Waals surface area (Å²) >= 11 is 0. The molecule has 0 atom stereocenters. The zero-order valence-electron chi connectivity index (χ0n) is 23.1. The third kappa shape index (κ3) is 3.85. The number of rotatable bonds is 2. The maximum atomic E-state index is 12.0. The minimum absolute atomic E-state index is 0.178. The van der Waals surface area contributed by atoms with Crippen LogP contribution in [0, 0.1) is 0 Å². The highest BCUT2D eigenvalue weighted by atomic mass is 16.5. The molecule has 0 saturated heterocycles. The molecule has 0 fully saturated rings. The number of carbonyl (C=O) groups excluding carboxylic acids is 4. The van der Waals surface area contributed by atoms with Crippen molar-refractivity contribution in [2.45, 2.75) is 0 Å². The molecular weight excluding hydrogens is 560 g/mol. The largest absolute Gasteiger partial charge is 0.457 e. The third-order valence-corrected chi connectivity index (χ3v) is 7.66. The highest BCUT2D eigenvalue weighted by Crippen LogP contribution is 2.31. The van der Waals surface area contributed by atoms with Gasteiger partial charge in [0.2, 0.25) is 0 Å². The Hall–Kier alpha value is -5.98. The van der Waals surface area contributed by atoms with E-state index in [4.69, 9.17) is 4.74 Å². The molecule has 7 rings (SSSR count). The van der Waals surface area contributed by atoms with Crippen LogP contribution in [0.25, 0.3) is 21.5 Å². The Balaban J connectivity index is 0.000000162. The Kier molecular flexibility index (Phi) is 5.87. The molecule has 13 heteroatoms. The first-order valence-electron chi connectivity index (χ1n) is 12.7. The van der Waals surface area contributed by atoms with Crippen molar-refractivity contribution in [2.75, 3.05) is 14.1 Å². The Morgan fingerprint density at radius 3 is 1.05 bits per heavy atom. The molecule has 2 aliphatic rings. The van der Waals surface area contributed by atoms with E-state index in [1.165, 1.54) is 64.6 Å². The maximum absolute atomic E-state index is 12.0. The fourth-order valence-electron chi connectivity index (χ4n) is 5.16. The number of nitrogens with zero attached hydrogens (tertiary/aromatic N) is 4. The molecule has 0 bridgehead atoms. The number of amides is 4. The summed E-state index contributed by atoms with van der Waals surface area (Å²) in [5.41, 5.74) is -0.595. The van der Waals surface area contributed by atoms with E-state index in [9.17, 15) is 38.4 Å². The molecule has 5 aromatic rings. The van der Waals surface area contributed by atoms with Crippen LogP contribution < -0.4 is 27.0 Å². The topological polar surface area (TPSA) is 162 Å². The van der Waals surface area contributed by atoms with Gasteiger partial charge in [-0.05, 0) is 48.5 Å². The van der Waals surface area contributed by atoms with Crippen molar-refractivity contribution in [1.29, 1.82) is 0 Å². The van der Waals surface area contributed by atoms with Crippen molar-refractivity contribution < 1.29 is 23.9 Å². The Bertz CT molecular complexity index is 2100. The van der Waals surface area contributed by atoms with Gasteiger partial charge in [0.15, 0.2) is 0 Å². The van der Waals surface area contributed by atoms with Gasteiger partial charge >= 0.3 is 0 Å². The van der Waals surface area contributed by atoms with Crippen molar-refractivity contribution in [3.63, 3.8) is 0 Å². The average Bonchev–Trinajstić information content (AvgIpc) is 3.54. The molecule has 0 unspecified atom stereocenters. The second kappa shape index (κ2) is 9.27. The SMILES string of the molecule is CN1C(=O)c2ccc(Oc3ccc4c(c3)C(=O)N(C)C4=O)cc2C1=O.Cn1c(=O)c2cc3c(=O)n(C)c(=O)c3cc2c1=O. The van der Waals surface area contributed by atoms with Crippen LogP contribution in [-0.4, -0.2) is 56.7 Å². The molecule has 2 aromatic heterocycles. The van der Waals surface area contributed by atoms with Gasteiger partial charge in [-0.3, -0.25) is 57.3 Å². The normalized spacial score (nSPS) is 14.0. The van der Waals surface area contributed by atoms with Gasteiger partial charge in [-0.2, -0.15) is 0 Å². The summed E-state index contributed by atoms with van der Waals surface area (Å²) in [6, 6.07) is 11.9. The number of fused-ring (bicyclic) bond motifs is 4. The second-order valence-electron chi connectivity index (χ2n) is 10.1. The first kappa shape index (κ1) is 27.2. The summed E-state index contributed by atoms with van der Waals surface area (Å²) < 4.78 is 7.64. The minimum atomic E-state index is -0.451. The molecule has 0 aliphatic carbocycles. The lowest BCUT2D eigenvalue weighted by Crippen LogP contribution is -2.24. The van der Waals surface area contributed by atoms with Gasteiger partial charge in [0.1, 0.15) is 11.5 Å². The molecule has 4 heterocycles. The number of hydrogen-bond donors (Lipinski definition) is 0. The van der Waals surface area contributed by atoms with E-state index in [-0.39, 0.29) is 56.3 Å². The van der Waals surface area contributed by atoms with E-state index >= 15 is 0 Å². The zero-order valence-corrected chi connectivity index (χ0v) is 23.1. The van der Waals surface area contributed by atoms with Crippen LogP contribution in [0.2, 0.25) is 0 Å². The fraction of sp³-hybridized carbons (Fsp3) is 0.133. The predicted molar refractivity (Wildman–Crippen MR) is 153 cm³/mol. The van der Waals surface area contributed by atoms with E-state index in [0.717, 1.165) is 18.9 Å². The average molecular weight is 581 g/mol. The van der Waals surface area contributed by atoms with Crippen molar-refractivity contribution in [3.8, 4) is 11.5 Å². The van der Waals surface area contributed by atoms with Crippen LogP contribution in [0.3, 0.4) is 0 Å². The van der Waals surface area contributed by atoms with Crippen LogP contribution in [0.5, 0.6) is 11.5 Å². The van der Waals surface area contributed by atoms with Crippen LogP contribution in [0.4, 0.5) is 0 Å². The number of aromatic nitrogens is 2. The summed E-state index contributed by atoms with van der Waals surface area (Å²) in [4.78, 5) is 97.0. The highest BCUT2D eigenvalue weighted by molar-refractivity contribution is 6.22. The Labute approximate surface area is 240 Å². The molecule has 13 nitrogen and oxygen atoms in total. The molecule has 214 valence electrons. The van der Waals surface area contributed by atoms with Crippen LogP contribution >= 0.6 is 0 Å². The molecule has 0 N–H and O–H groups in total. The summed E-state index contributed by atoms with van der Waals surface area (Å²) in [7, 11) is 5.58. The smallest absolute Gasteiger partial charge is 0.261 e. The summed E-state index contributed by atoms with van der Waals surface area (Å²) in [5, 5.41) is 0.714. The molecule has 4 amide bonds. The molecule has 3 aromatic carbocycles. The lowest BCUT2D eigenvalue weighted by molar-refractivity contribution is 0.0678. The standard InChI is InChI=1S/C18H12N2O5.C12H8N2O4/c1-19-15(21)11-5-3-9(7-13(11)17(19)23)25-10-4-6-12-14(8-10)18(24)20(2)16(12)22;1-13-9(15)5-3-7-8(4-6(5)10(13)16)12(18)14(2)11(7)17/h3-8H,1-2H3;3-4H,1-2H3. The number of imide groups is 2. The van der Waals surface area contributed by atoms with E-state index in [1.807, 2.05) is 0 Å². The maximum Gasteiger partial charge on any atom is 0.261 e. The van der Waals surface area contributed by atoms with Crippen molar-refractivity contribution >= 4 is 45.2 Å². The molecule has 0 spiro atoms. The quantitative estimate of drug-likeness (QED) is 0.276. The van der Waals surface area contributed by atoms with Crippen molar-refractivity contribution in [2.24, 2.45) is 14.1 Å². The van der Waals surface area contributed by atoms with E-state index in [1.54, 1.807) is 12.1 Å². The zero-order chi connectivity index (χ0) is 31.1. The molecular formula is C30H20N4O9. The van der Waals surface area contributed by atoms with Gasteiger partial charge in [-0.25, -0.2) is 0 Å². The van der Waals surface area contributed by atoms with Crippen LogP contribution in [0.15, 0.2) is 67.7 Å². The monoisotopic (exact) mass is 580 g/mol. The van der Waals surface area contributed by atoms with Crippen LogP contribution in [-0.2, 0) is 14.1 Å². The number of benzene rings is 3. The lowest BCUT2D eigenvalue weighted by atomic mass is 10.1. The minimum Gasteiger partial charge on any atom is -0.457 e. The number of hydrogen-bond acceptors (Lipinski definition) is 9. The summed E-state index contributed by atoms with van der Waals surface area (Å²) in [6.07, 6.45) is 0. The predicted octanol–water partition coefficient (Wildman–Crippen LogP) is 0.917. The van der Waals surface area contributed by atoms with E-state index in [2.05, 4.69) is 0 Å². The van der Waals surface area contributed by atoms with Crippen molar-refractivity contribution in [1.82, 2.24) is 18.9 Å². The van der Waals surface area contributed by atoms with Gasteiger partial charge in [-0.1, -0.05) is 0 Å². The van der Waals surface area contributed by atoms with Crippen molar-refractivity contribution in [3.05, 3.63) is 112 Å². The first-order valence-corrected chi connectivity index (χ1v) is 12.7. The first-order chi connectivity index (χ1) is 20.3. The molecule has 0 radical (unpaired) electrons. The molecule has 0 saturated carbocycles. The summed E-state index contributed by atoms with van der Waals surface area (Å²) in [5.74, 6) is -0.753. The number of carbonyl (C=O) groups is 4. The van der Waals surface area contributed by atoms with Gasteiger partial charge < -0.3 is 4.74 Å².